The van der Waals surface area contributed by atoms with Crippen LogP contribution in [0, 0.1) is 0 Å². The molecule has 2 heterocycles. The molecule has 132 valence electrons. The fraction of sp³-hybridized carbons (Fsp3) is 0.250. The third kappa shape index (κ3) is 2.73. The zero-order valence-electron chi connectivity index (χ0n) is 14.4. The first-order valence-corrected chi connectivity index (χ1v) is 8.54. The minimum Gasteiger partial charge on any atom is -0.480 e. The maximum absolute atomic E-state index is 13.0. The van der Waals surface area contributed by atoms with Gasteiger partial charge in [0, 0.05) is 25.4 Å². The fourth-order valence-electron chi connectivity index (χ4n) is 3.67. The van der Waals surface area contributed by atoms with E-state index in [-0.39, 0.29) is 12.3 Å². The van der Waals surface area contributed by atoms with Crippen molar-refractivity contribution >= 4 is 22.8 Å². The number of aryl methyl sites for hydroxylation is 1. The van der Waals surface area contributed by atoms with Crippen molar-refractivity contribution in [3.63, 3.8) is 0 Å². The number of nitrogens with zero attached hydrogens (tertiary/aromatic N) is 3. The van der Waals surface area contributed by atoms with E-state index in [4.69, 9.17) is 0 Å². The average molecular weight is 349 g/mol. The summed E-state index contributed by atoms with van der Waals surface area (Å²) in [5.41, 5.74) is 3.63. The highest BCUT2D eigenvalue weighted by atomic mass is 16.4. The normalized spacial score (nSPS) is 16.5. The number of carbonyl (C=O) groups is 2. The van der Waals surface area contributed by atoms with E-state index in [9.17, 15) is 14.7 Å². The minimum absolute atomic E-state index is 0.0906. The summed E-state index contributed by atoms with van der Waals surface area (Å²) >= 11 is 0. The third-order valence-electron chi connectivity index (χ3n) is 5.01. The number of amides is 1. The summed E-state index contributed by atoms with van der Waals surface area (Å²) in [5, 5.41) is 15.0. The first kappa shape index (κ1) is 16.3. The van der Waals surface area contributed by atoms with Crippen LogP contribution in [0.3, 0.4) is 0 Å². The largest absolute Gasteiger partial charge is 0.480 e. The highest BCUT2D eigenvalue weighted by molar-refractivity contribution is 5.90. The van der Waals surface area contributed by atoms with E-state index in [1.54, 1.807) is 4.68 Å². The molecule has 6 heteroatoms. The average Bonchev–Trinajstić information content (AvgIpc) is 2.96. The first-order chi connectivity index (χ1) is 12.5. The van der Waals surface area contributed by atoms with E-state index in [2.05, 4.69) is 5.10 Å². The van der Waals surface area contributed by atoms with Gasteiger partial charge >= 0.3 is 5.97 Å². The zero-order chi connectivity index (χ0) is 18.3. The highest BCUT2D eigenvalue weighted by Crippen LogP contribution is 2.25. The van der Waals surface area contributed by atoms with E-state index in [1.807, 2.05) is 55.6 Å². The summed E-state index contributed by atoms with van der Waals surface area (Å²) in [5.74, 6) is -1.19. The van der Waals surface area contributed by atoms with Gasteiger partial charge in [0.05, 0.1) is 17.6 Å². The molecule has 0 saturated heterocycles. The number of carbonyl (C=O) groups excluding carboxylic acids is 1. The van der Waals surface area contributed by atoms with Gasteiger partial charge in [-0.3, -0.25) is 9.48 Å². The summed E-state index contributed by atoms with van der Waals surface area (Å²) in [7, 11) is 1.84. The molecule has 1 aliphatic rings. The van der Waals surface area contributed by atoms with Gasteiger partial charge in [-0.1, -0.05) is 42.5 Å². The van der Waals surface area contributed by atoms with E-state index in [1.165, 1.54) is 4.90 Å². The van der Waals surface area contributed by atoms with Gasteiger partial charge in [-0.25, -0.2) is 4.79 Å². The molecule has 0 spiro atoms. The molecule has 0 radical (unpaired) electrons. The van der Waals surface area contributed by atoms with Crippen molar-refractivity contribution in [2.24, 2.45) is 7.05 Å². The van der Waals surface area contributed by atoms with E-state index >= 15 is 0 Å². The molecule has 3 aromatic rings. The van der Waals surface area contributed by atoms with Crippen LogP contribution in [-0.4, -0.2) is 37.7 Å². The number of benzene rings is 2. The second kappa shape index (κ2) is 6.29. The Hall–Kier alpha value is -3.15. The molecule has 1 unspecified atom stereocenters. The molecule has 6 nitrogen and oxygen atoms in total. The maximum Gasteiger partial charge on any atom is 0.326 e. The zero-order valence-corrected chi connectivity index (χ0v) is 14.4. The van der Waals surface area contributed by atoms with Crippen molar-refractivity contribution in [2.75, 3.05) is 0 Å². The number of hydrogen-bond acceptors (Lipinski definition) is 3. The number of para-hydroxylation sites is 1. The lowest BCUT2D eigenvalue weighted by atomic mass is 9.93. The summed E-state index contributed by atoms with van der Waals surface area (Å²) in [6.07, 6.45) is 0.424. The van der Waals surface area contributed by atoms with Crippen LogP contribution in [0.25, 0.3) is 10.9 Å². The Morgan fingerprint density at radius 3 is 2.58 bits per heavy atom. The Labute approximate surface area is 150 Å². The summed E-state index contributed by atoms with van der Waals surface area (Å²) < 4.78 is 1.75. The first-order valence-electron chi connectivity index (χ1n) is 8.54. The predicted octanol–water partition coefficient (Wildman–Crippen LogP) is 2.15. The molecule has 1 aromatic heterocycles. The van der Waals surface area contributed by atoms with Gasteiger partial charge in [-0.05, 0) is 17.2 Å². The number of fused-ring (bicyclic) bond motifs is 2. The molecule has 0 saturated carbocycles. The smallest absolute Gasteiger partial charge is 0.326 e. The van der Waals surface area contributed by atoms with Crippen molar-refractivity contribution in [1.29, 1.82) is 0 Å². The Kier molecular flexibility index (Phi) is 3.95. The number of carboxylic acids is 1. The number of aromatic nitrogens is 2. The van der Waals surface area contributed by atoms with Crippen LogP contribution in [0.15, 0.2) is 48.5 Å². The number of rotatable bonds is 3. The van der Waals surface area contributed by atoms with Crippen molar-refractivity contribution in [2.45, 2.75) is 25.4 Å². The molecule has 1 amide bonds. The number of hydrogen-bond donors (Lipinski definition) is 1. The summed E-state index contributed by atoms with van der Waals surface area (Å²) in [6.45, 7) is 0.316. The van der Waals surface area contributed by atoms with Crippen molar-refractivity contribution < 1.29 is 14.7 Å². The van der Waals surface area contributed by atoms with E-state index < -0.39 is 12.0 Å². The van der Waals surface area contributed by atoms with Crippen LogP contribution in [0.1, 0.15) is 16.8 Å². The molecular weight excluding hydrogens is 330 g/mol. The molecule has 0 bridgehead atoms. The second-order valence-electron chi connectivity index (χ2n) is 6.61. The Bertz CT molecular complexity index is 1010. The van der Waals surface area contributed by atoms with E-state index in [0.717, 1.165) is 22.0 Å². The van der Waals surface area contributed by atoms with Crippen LogP contribution in [0.2, 0.25) is 0 Å². The monoisotopic (exact) mass is 349 g/mol. The second-order valence-corrected chi connectivity index (χ2v) is 6.61. The van der Waals surface area contributed by atoms with Crippen LogP contribution in [-0.2, 0) is 36.0 Å². The van der Waals surface area contributed by atoms with Gasteiger partial charge in [0.2, 0.25) is 5.91 Å². The Balaban J connectivity index is 1.65. The van der Waals surface area contributed by atoms with Crippen molar-refractivity contribution in [3.8, 4) is 0 Å². The molecule has 26 heavy (non-hydrogen) atoms. The van der Waals surface area contributed by atoms with Crippen LogP contribution < -0.4 is 0 Å². The lowest BCUT2D eigenvalue weighted by Crippen LogP contribution is -2.49. The summed E-state index contributed by atoms with van der Waals surface area (Å²) in [6, 6.07) is 14.6. The standard InChI is InChI=1S/C20H19N3O3/c1-22-17-9-5-4-8-15(17)16(21-22)11-19(24)23-12-14-7-3-2-6-13(14)10-18(23)20(25)26/h2-9,18H,10-12H2,1H3,(H,25,26). The Morgan fingerprint density at radius 1 is 1.12 bits per heavy atom. The summed E-state index contributed by atoms with van der Waals surface area (Å²) in [4.78, 5) is 26.2. The maximum atomic E-state index is 13.0. The lowest BCUT2D eigenvalue weighted by Gasteiger charge is -2.34. The predicted molar refractivity (Wildman–Crippen MR) is 96.5 cm³/mol. The minimum atomic E-state index is -0.973. The van der Waals surface area contributed by atoms with Gasteiger partial charge < -0.3 is 10.0 Å². The number of carboxylic acid groups (broad SMARTS) is 1. The number of aliphatic carboxylic acids is 1. The third-order valence-corrected chi connectivity index (χ3v) is 5.01. The van der Waals surface area contributed by atoms with Crippen molar-refractivity contribution in [1.82, 2.24) is 14.7 Å². The molecule has 1 aliphatic heterocycles. The lowest BCUT2D eigenvalue weighted by molar-refractivity contribution is -0.151. The van der Waals surface area contributed by atoms with Crippen LogP contribution in [0.5, 0.6) is 0 Å². The van der Waals surface area contributed by atoms with Crippen LogP contribution in [0.4, 0.5) is 0 Å². The van der Waals surface area contributed by atoms with Gasteiger partial charge in [-0.2, -0.15) is 5.10 Å². The Morgan fingerprint density at radius 2 is 1.81 bits per heavy atom. The molecule has 1 N–H and O–H groups in total. The van der Waals surface area contributed by atoms with Gasteiger partial charge in [0.15, 0.2) is 0 Å². The molecule has 0 aliphatic carbocycles. The van der Waals surface area contributed by atoms with Gasteiger partial charge in [0.25, 0.3) is 0 Å². The molecule has 2 aromatic carbocycles. The quantitative estimate of drug-likeness (QED) is 0.786. The van der Waals surface area contributed by atoms with Gasteiger partial charge in [0.1, 0.15) is 6.04 Å². The SMILES string of the molecule is Cn1nc(CC(=O)N2Cc3ccccc3CC2C(=O)O)c2ccccc21. The van der Waals surface area contributed by atoms with Gasteiger partial charge in [-0.15, -0.1) is 0 Å². The van der Waals surface area contributed by atoms with E-state index in [0.29, 0.717) is 18.7 Å². The molecule has 4 rings (SSSR count). The molecule has 1 atom stereocenters. The molecule has 0 fully saturated rings. The molecular formula is C20H19N3O3. The van der Waals surface area contributed by atoms with Crippen LogP contribution >= 0.6 is 0 Å². The van der Waals surface area contributed by atoms with Crippen molar-refractivity contribution in [3.05, 3.63) is 65.4 Å². The fourth-order valence-corrected chi connectivity index (χ4v) is 3.67. The topological polar surface area (TPSA) is 75.4 Å². The highest BCUT2D eigenvalue weighted by Gasteiger charge is 2.34.